The van der Waals surface area contributed by atoms with Gasteiger partial charge in [-0.3, -0.25) is 9.10 Å². The molecule has 0 saturated heterocycles. The number of para-hydroxylation sites is 1. The quantitative estimate of drug-likeness (QED) is 0.780. The molecule has 1 aliphatic heterocycles. The van der Waals surface area contributed by atoms with Crippen LogP contribution in [0.25, 0.3) is 0 Å². The van der Waals surface area contributed by atoms with E-state index in [2.05, 4.69) is 5.32 Å². The summed E-state index contributed by atoms with van der Waals surface area (Å²) in [6.45, 7) is 2.28. The van der Waals surface area contributed by atoms with E-state index < -0.39 is 10.0 Å². The molecule has 28 heavy (non-hydrogen) atoms. The Kier molecular flexibility index (Phi) is 4.89. The van der Waals surface area contributed by atoms with Crippen LogP contribution in [-0.4, -0.2) is 33.0 Å². The molecule has 1 saturated carbocycles. The number of hydrogen-bond donors (Lipinski definition) is 2. The van der Waals surface area contributed by atoms with E-state index in [0.29, 0.717) is 30.1 Å². The molecule has 148 valence electrons. The monoisotopic (exact) mass is 399 g/mol. The fourth-order valence-corrected chi connectivity index (χ4v) is 5.67. The van der Waals surface area contributed by atoms with Crippen LogP contribution >= 0.6 is 0 Å². The summed E-state index contributed by atoms with van der Waals surface area (Å²) in [7, 11) is -3.77. The Morgan fingerprint density at radius 1 is 1.21 bits per heavy atom. The highest BCUT2D eigenvalue weighted by molar-refractivity contribution is 7.92. The summed E-state index contributed by atoms with van der Waals surface area (Å²) in [6, 6.07) is 13.6. The molecule has 0 spiro atoms. The van der Waals surface area contributed by atoms with Crippen molar-refractivity contribution in [2.75, 3.05) is 10.8 Å². The number of sulfonamides is 1. The molecule has 2 aliphatic rings. The maximum Gasteiger partial charge on any atom is 0.264 e. The fraction of sp³-hybridized carbons (Fsp3) is 0.381. The lowest BCUT2D eigenvalue weighted by atomic mass is 10.1. The zero-order valence-corrected chi connectivity index (χ0v) is 16.7. The van der Waals surface area contributed by atoms with Gasteiger partial charge in [0.05, 0.1) is 10.6 Å². The second-order valence-corrected chi connectivity index (χ2v) is 9.48. The maximum atomic E-state index is 13.4. The Morgan fingerprint density at radius 2 is 1.96 bits per heavy atom. The van der Waals surface area contributed by atoms with Gasteiger partial charge in [-0.1, -0.05) is 24.3 Å². The second kappa shape index (κ2) is 7.22. The minimum atomic E-state index is -3.77. The number of rotatable bonds is 6. The zero-order valence-electron chi connectivity index (χ0n) is 15.8. The van der Waals surface area contributed by atoms with Crippen LogP contribution < -0.4 is 15.4 Å². The van der Waals surface area contributed by atoms with Gasteiger partial charge in [0, 0.05) is 24.2 Å². The number of nitrogens with zero attached hydrogens (tertiary/aromatic N) is 1. The molecule has 1 fully saturated rings. The molecular weight excluding hydrogens is 374 g/mol. The van der Waals surface area contributed by atoms with Crippen molar-refractivity contribution in [2.45, 2.75) is 43.2 Å². The van der Waals surface area contributed by atoms with Crippen LogP contribution in [0.5, 0.6) is 0 Å². The van der Waals surface area contributed by atoms with Crippen molar-refractivity contribution in [3.8, 4) is 0 Å². The third kappa shape index (κ3) is 3.40. The van der Waals surface area contributed by atoms with Crippen LogP contribution in [0.3, 0.4) is 0 Å². The lowest BCUT2D eigenvalue weighted by Crippen LogP contribution is -2.41. The van der Waals surface area contributed by atoms with Gasteiger partial charge >= 0.3 is 0 Å². The van der Waals surface area contributed by atoms with Crippen LogP contribution in [0, 0.1) is 5.92 Å². The predicted octanol–water partition coefficient (Wildman–Crippen LogP) is 2.29. The number of carbonyl (C=O) groups is 1. The van der Waals surface area contributed by atoms with E-state index in [1.807, 2.05) is 31.2 Å². The highest BCUT2D eigenvalue weighted by Crippen LogP contribution is 2.36. The number of carbonyl (C=O) groups excluding carboxylic acids is 1. The SMILES string of the molecule is CC1Cc2ccccc2N1S(=O)(=O)c1cccc(C(=O)NC(CN)C2CC2)c1. The van der Waals surface area contributed by atoms with E-state index in [1.165, 1.54) is 10.4 Å². The standard InChI is InChI=1S/C21H25N3O3S/c1-14-11-16-5-2-3-8-20(16)24(14)28(26,27)18-7-4-6-17(12-18)21(25)23-19(13-22)15-9-10-15/h2-8,12,14-15,19H,9-11,13,22H2,1H3,(H,23,25). The molecule has 1 amide bonds. The molecular formula is C21H25N3O3S. The van der Waals surface area contributed by atoms with Gasteiger partial charge in [0.25, 0.3) is 15.9 Å². The van der Waals surface area contributed by atoms with Crippen molar-refractivity contribution >= 4 is 21.6 Å². The van der Waals surface area contributed by atoms with Gasteiger partial charge < -0.3 is 11.1 Å². The van der Waals surface area contributed by atoms with Gasteiger partial charge in [0.15, 0.2) is 0 Å². The molecule has 0 bridgehead atoms. The van der Waals surface area contributed by atoms with Crippen molar-refractivity contribution in [3.05, 3.63) is 59.7 Å². The average molecular weight is 400 g/mol. The molecule has 6 nitrogen and oxygen atoms in total. The van der Waals surface area contributed by atoms with Gasteiger partial charge in [-0.05, 0) is 61.9 Å². The third-order valence-corrected chi connectivity index (χ3v) is 7.48. The smallest absolute Gasteiger partial charge is 0.264 e. The minimum absolute atomic E-state index is 0.0572. The van der Waals surface area contributed by atoms with Crippen molar-refractivity contribution in [1.82, 2.24) is 5.32 Å². The first-order valence-corrected chi connectivity index (χ1v) is 11.1. The highest BCUT2D eigenvalue weighted by Gasteiger charge is 2.36. The second-order valence-electron chi connectivity index (χ2n) is 7.66. The van der Waals surface area contributed by atoms with E-state index in [4.69, 9.17) is 5.73 Å². The predicted molar refractivity (Wildman–Crippen MR) is 109 cm³/mol. The molecule has 3 N–H and O–H groups in total. The Morgan fingerprint density at radius 3 is 2.68 bits per heavy atom. The Labute approximate surface area is 165 Å². The molecule has 0 aromatic heterocycles. The van der Waals surface area contributed by atoms with Gasteiger partial charge in [0.1, 0.15) is 0 Å². The summed E-state index contributed by atoms with van der Waals surface area (Å²) >= 11 is 0. The van der Waals surface area contributed by atoms with E-state index in [0.717, 1.165) is 18.4 Å². The first kappa shape index (κ1) is 19.0. The maximum absolute atomic E-state index is 13.4. The first-order valence-electron chi connectivity index (χ1n) is 9.65. The number of nitrogens with one attached hydrogen (secondary N) is 1. The van der Waals surface area contributed by atoms with Crippen molar-refractivity contribution in [1.29, 1.82) is 0 Å². The summed E-state index contributed by atoms with van der Waals surface area (Å²) in [5.41, 5.74) is 7.83. The first-order chi connectivity index (χ1) is 13.4. The zero-order chi connectivity index (χ0) is 19.9. The molecule has 2 aromatic rings. The van der Waals surface area contributed by atoms with Crippen LogP contribution in [0.1, 0.15) is 35.7 Å². The summed E-state index contributed by atoms with van der Waals surface area (Å²) in [4.78, 5) is 12.8. The average Bonchev–Trinajstić information content (AvgIpc) is 3.47. The summed E-state index contributed by atoms with van der Waals surface area (Å²) in [5.74, 6) is 0.150. The lowest BCUT2D eigenvalue weighted by Gasteiger charge is -2.24. The number of amides is 1. The lowest BCUT2D eigenvalue weighted by molar-refractivity contribution is 0.0933. The molecule has 2 atom stereocenters. The van der Waals surface area contributed by atoms with E-state index >= 15 is 0 Å². The molecule has 1 heterocycles. The van der Waals surface area contributed by atoms with Gasteiger partial charge in [0.2, 0.25) is 0 Å². The van der Waals surface area contributed by atoms with Crippen molar-refractivity contribution in [2.24, 2.45) is 11.7 Å². The normalized spacial score (nSPS) is 19.9. The number of benzene rings is 2. The Balaban J connectivity index is 1.62. The van der Waals surface area contributed by atoms with Crippen molar-refractivity contribution in [3.63, 3.8) is 0 Å². The van der Waals surface area contributed by atoms with E-state index in [9.17, 15) is 13.2 Å². The number of anilines is 1. The minimum Gasteiger partial charge on any atom is -0.348 e. The highest BCUT2D eigenvalue weighted by atomic mass is 32.2. The number of nitrogens with two attached hydrogens (primary N) is 1. The summed E-state index contributed by atoms with van der Waals surface area (Å²) in [5, 5.41) is 2.95. The van der Waals surface area contributed by atoms with Crippen LogP contribution in [0.15, 0.2) is 53.4 Å². The largest absolute Gasteiger partial charge is 0.348 e. The van der Waals surface area contributed by atoms with Crippen LogP contribution in [0.2, 0.25) is 0 Å². The van der Waals surface area contributed by atoms with Gasteiger partial charge in [-0.15, -0.1) is 0 Å². The topological polar surface area (TPSA) is 92.5 Å². The molecule has 0 radical (unpaired) electrons. The summed E-state index contributed by atoms with van der Waals surface area (Å²) < 4.78 is 28.2. The molecule has 1 aliphatic carbocycles. The Hall–Kier alpha value is -2.38. The van der Waals surface area contributed by atoms with Crippen LogP contribution in [0.4, 0.5) is 5.69 Å². The van der Waals surface area contributed by atoms with E-state index in [1.54, 1.807) is 18.2 Å². The summed E-state index contributed by atoms with van der Waals surface area (Å²) in [6.07, 6.45) is 2.82. The molecule has 7 heteroatoms. The molecule has 2 unspecified atom stereocenters. The number of hydrogen-bond acceptors (Lipinski definition) is 4. The Bertz CT molecular complexity index is 1000. The van der Waals surface area contributed by atoms with Gasteiger partial charge in [-0.25, -0.2) is 8.42 Å². The van der Waals surface area contributed by atoms with E-state index in [-0.39, 0.29) is 22.9 Å². The number of fused-ring (bicyclic) bond motifs is 1. The third-order valence-electron chi connectivity index (χ3n) is 5.56. The molecule has 2 aromatic carbocycles. The van der Waals surface area contributed by atoms with Crippen LogP contribution in [-0.2, 0) is 16.4 Å². The van der Waals surface area contributed by atoms with Crippen molar-refractivity contribution < 1.29 is 13.2 Å². The van der Waals surface area contributed by atoms with Gasteiger partial charge in [-0.2, -0.15) is 0 Å². The fourth-order valence-electron chi connectivity index (χ4n) is 3.93. The molecule has 4 rings (SSSR count).